The van der Waals surface area contributed by atoms with E-state index in [9.17, 15) is 0 Å². The molecule has 0 saturated carbocycles. The molecular formula is C16H27NO. The van der Waals surface area contributed by atoms with Gasteiger partial charge in [0.1, 0.15) is 0 Å². The number of unbranched alkanes of at least 4 members (excludes halogenated alkanes) is 1. The average Bonchev–Trinajstić information content (AvgIpc) is 2.38. The van der Waals surface area contributed by atoms with Gasteiger partial charge < -0.3 is 10.1 Å². The standard InChI is InChI=1S/C16H27NO/c1-4-15-7-9-16(10-8-15)13-17-11-5-6-12-18-14(2)3/h7-10,14,17H,4-6,11-13H2,1-3H3. The van der Waals surface area contributed by atoms with Gasteiger partial charge in [-0.25, -0.2) is 0 Å². The van der Waals surface area contributed by atoms with Crippen LogP contribution in [0.1, 0.15) is 44.7 Å². The second-order valence-corrected chi connectivity index (χ2v) is 4.97. The molecule has 0 heterocycles. The van der Waals surface area contributed by atoms with Crippen LogP contribution in [0.25, 0.3) is 0 Å². The summed E-state index contributed by atoms with van der Waals surface area (Å²) in [6, 6.07) is 8.86. The Balaban J connectivity index is 2.03. The molecule has 1 rings (SSSR count). The first-order valence-electron chi connectivity index (χ1n) is 7.12. The second kappa shape index (κ2) is 9.12. The summed E-state index contributed by atoms with van der Waals surface area (Å²) < 4.78 is 5.50. The van der Waals surface area contributed by atoms with E-state index in [0.29, 0.717) is 6.10 Å². The van der Waals surface area contributed by atoms with E-state index in [4.69, 9.17) is 4.74 Å². The van der Waals surface area contributed by atoms with Crippen LogP contribution in [0, 0.1) is 0 Å². The molecule has 0 fully saturated rings. The third-order valence-corrected chi connectivity index (χ3v) is 2.96. The van der Waals surface area contributed by atoms with Crippen molar-refractivity contribution in [2.75, 3.05) is 13.2 Å². The molecular weight excluding hydrogens is 222 g/mol. The van der Waals surface area contributed by atoms with Gasteiger partial charge in [0, 0.05) is 13.2 Å². The SMILES string of the molecule is CCc1ccc(CNCCCCOC(C)C)cc1. The van der Waals surface area contributed by atoms with Gasteiger partial charge in [0.25, 0.3) is 0 Å². The number of aryl methyl sites for hydroxylation is 1. The van der Waals surface area contributed by atoms with E-state index in [1.54, 1.807) is 0 Å². The van der Waals surface area contributed by atoms with Gasteiger partial charge in [-0.05, 0) is 50.8 Å². The fourth-order valence-corrected chi connectivity index (χ4v) is 1.80. The number of nitrogens with one attached hydrogen (secondary N) is 1. The molecule has 102 valence electrons. The van der Waals surface area contributed by atoms with Crippen molar-refractivity contribution in [3.8, 4) is 0 Å². The summed E-state index contributed by atoms with van der Waals surface area (Å²) in [5, 5.41) is 3.47. The fourth-order valence-electron chi connectivity index (χ4n) is 1.80. The predicted octanol–water partition coefficient (Wildman–Crippen LogP) is 3.54. The highest BCUT2D eigenvalue weighted by Gasteiger charge is 1.95. The monoisotopic (exact) mass is 249 g/mol. The lowest BCUT2D eigenvalue weighted by atomic mass is 10.1. The van der Waals surface area contributed by atoms with Crippen LogP contribution in [0.5, 0.6) is 0 Å². The lowest BCUT2D eigenvalue weighted by Gasteiger charge is -2.08. The molecule has 0 saturated heterocycles. The number of hydrogen-bond acceptors (Lipinski definition) is 2. The molecule has 0 aromatic heterocycles. The van der Waals surface area contributed by atoms with E-state index >= 15 is 0 Å². The molecule has 18 heavy (non-hydrogen) atoms. The molecule has 1 aromatic rings. The minimum atomic E-state index is 0.357. The third kappa shape index (κ3) is 6.77. The molecule has 0 bridgehead atoms. The minimum Gasteiger partial charge on any atom is -0.379 e. The van der Waals surface area contributed by atoms with E-state index in [1.807, 2.05) is 0 Å². The maximum absolute atomic E-state index is 5.50. The van der Waals surface area contributed by atoms with Crippen molar-refractivity contribution in [1.29, 1.82) is 0 Å². The Kier molecular flexibility index (Phi) is 7.70. The molecule has 0 aliphatic heterocycles. The van der Waals surface area contributed by atoms with E-state index in [1.165, 1.54) is 17.5 Å². The number of benzene rings is 1. The summed E-state index contributed by atoms with van der Waals surface area (Å²) in [6.45, 7) is 9.26. The van der Waals surface area contributed by atoms with Gasteiger partial charge >= 0.3 is 0 Å². The predicted molar refractivity (Wildman–Crippen MR) is 77.8 cm³/mol. The van der Waals surface area contributed by atoms with Gasteiger partial charge in [-0.3, -0.25) is 0 Å². The Morgan fingerprint density at radius 1 is 1.06 bits per heavy atom. The van der Waals surface area contributed by atoms with Crippen molar-refractivity contribution in [3.05, 3.63) is 35.4 Å². The van der Waals surface area contributed by atoms with Gasteiger partial charge in [-0.15, -0.1) is 0 Å². The summed E-state index contributed by atoms with van der Waals surface area (Å²) >= 11 is 0. The Hall–Kier alpha value is -0.860. The average molecular weight is 249 g/mol. The molecule has 0 radical (unpaired) electrons. The molecule has 2 nitrogen and oxygen atoms in total. The first-order valence-corrected chi connectivity index (χ1v) is 7.12. The maximum Gasteiger partial charge on any atom is 0.0518 e. The molecule has 0 spiro atoms. The molecule has 0 aliphatic carbocycles. The van der Waals surface area contributed by atoms with E-state index in [-0.39, 0.29) is 0 Å². The number of hydrogen-bond donors (Lipinski definition) is 1. The summed E-state index contributed by atoms with van der Waals surface area (Å²) in [5.41, 5.74) is 2.77. The molecule has 1 N–H and O–H groups in total. The molecule has 0 unspecified atom stereocenters. The number of ether oxygens (including phenoxy) is 1. The molecule has 0 atom stereocenters. The highest BCUT2D eigenvalue weighted by molar-refractivity contribution is 5.22. The number of rotatable bonds is 9. The largest absolute Gasteiger partial charge is 0.379 e. The second-order valence-electron chi connectivity index (χ2n) is 4.97. The molecule has 2 heteroatoms. The quantitative estimate of drug-likeness (QED) is 0.676. The first kappa shape index (κ1) is 15.2. The van der Waals surface area contributed by atoms with Gasteiger partial charge in [-0.1, -0.05) is 31.2 Å². The van der Waals surface area contributed by atoms with E-state index < -0.39 is 0 Å². The first-order chi connectivity index (χ1) is 8.72. The van der Waals surface area contributed by atoms with Crippen LogP contribution in [-0.2, 0) is 17.7 Å². The highest BCUT2D eigenvalue weighted by Crippen LogP contribution is 2.04. The van der Waals surface area contributed by atoms with Crippen molar-refractivity contribution in [2.24, 2.45) is 0 Å². The van der Waals surface area contributed by atoms with E-state index in [2.05, 4.69) is 50.4 Å². The lowest BCUT2D eigenvalue weighted by molar-refractivity contribution is 0.0760. The van der Waals surface area contributed by atoms with Crippen LogP contribution in [0.2, 0.25) is 0 Å². The van der Waals surface area contributed by atoms with E-state index in [0.717, 1.165) is 32.5 Å². The van der Waals surface area contributed by atoms with Crippen LogP contribution in [0.4, 0.5) is 0 Å². The van der Waals surface area contributed by atoms with Gasteiger partial charge in [0.2, 0.25) is 0 Å². The Bertz CT molecular complexity index is 305. The van der Waals surface area contributed by atoms with Crippen molar-refractivity contribution in [2.45, 2.75) is 52.7 Å². The van der Waals surface area contributed by atoms with Gasteiger partial charge in [0.05, 0.1) is 6.10 Å². The summed E-state index contributed by atoms with van der Waals surface area (Å²) in [6.07, 6.45) is 3.79. The zero-order valence-corrected chi connectivity index (χ0v) is 12.0. The zero-order chi connectivity index (χ0) is 13.2. The zero-order valence-electron chi connectivity index (χ0n) is 12.0. The van der Waals surface area contributed by atoms with Gasteiger partial charge in [0.15, 0.2) is 0 Å². The fraction of sp³-hybridized carbons (Fsp3) is 0.625. The summed E-state index contributed by atoms with van der Waals surface area (Å²) in [5.74, 6) is 0. The smallest absolute Gasteiger partial charge is 0.0518 e. The maximum atomic E-state index is 5.50. The molecule has 0 aliphatic rings. The Morgan fingerprint density at radius 3 is 2.33 bits per heavy atom. The summed E-state index contributed by atoms with van der Waals surface area (Å²) in [7, 11) is 0. The highest BCUT2D eigenvalue weighted by atomic mass is 16.5. The van der Waals surface area contributed by atoms with Crippen LogP contribution >= 0.6 is 0 Å². The molecule has 0 amide bonds. The normalized spacial score (nSPS) is 11.1. The van der Waals surface area contributed by atoms with Crippen LogP contribution in [0.15, 0.2) is 24.3 Å². The van der Waals surface area contributed by atoms with Crippen molar-refractivity contribution in [1.82, 2.24) is 5.32 Å². The Morgan fingerprint density at radius 2 is 1.72 bits per heavy atom. The van der Waals surface area contributed by atoms with Crippen molar-refractivity contribution >= 4 is 0 Å². The summed E-state index contributed by atoms with van der Waals surface area (Å²) in [4.78, 5) is 0. The van der Waals surface area contributed by atoms with Crippen LogP contribution in [-0.4, -0.2) is 19.3 Å². The van der Waals surface area contributed by atoms with Crippen molar-refractivity contribution < 1.29 is 4.74 Å². The Labute approximate surface area is 112 Å². The minimum absolute atomic E-state index is 0.357. The van der Waals surface area contributed by atoms with Gasteiger partial charge in [-0.2, -0.15) is 0 Å². The molecule has 1 aromatic carbocycles. The van der Waals surface area contributed by atoms with Crippen molar-refractivity contribution in [3.63, 3.8) is 0 Å². The topological polar surface area (TPSA) is 21.3 Å². The lowest BCUT2D eigenvalue weighted by Crippen LogP contribution is -2.15. The third-order valence-electron chi connectivity index (χ3n) is 2.96. The van der Waals surface area contributed by atoms with Crippen LogP contribution in [0.3, 0.4) is 0 Å². The van der Waals surface area contributed by atoms with Crippen LogP contribution < -0.4 is 5.32 Å².